The summed E-state index contributed by atoms with van der Waals surface area (Å²) in [6, 6.07) is 8.64. The summed E-state index contributed by atoms with van der Waals surface area (Å²) in [5, 5.41) is 3.20. The summed E-state index contributed by atoms with van der Waals surface area (Å²) in [5.74, 6) is -2.32. The first-order valence-electron chi connectivity index (χ1n) is 9.69. The third-order valence-electron chi connectivity index (χ3n) is 4.78. The minimum Gasteiger partial charge on any atom is -0.449 e. The average molecular weight is 479 g/mol. The maximum Gasteiger partial charge on any atom is 0.338 e. The molecule has 168 valence electrons. The molecule has 2 aromatic rings. The van der Waals surface area contributed by atoms with Gasteiger partial charge in [0.2, 0.25) is 0 Å². The highest BCUT2D eigenvalue weighted by molar-refractivity contribution is 6.36. The zero-order valence-electron chi connectivity index (χ0n) is 17.3. The summed E-state index contributed by atoms with van der Waals surface area (Å²) in [6.45, 7) is 2.02. The largest absolute Gasteiger partial charge is 0.449 e. The fraction of sp³-hybridized carbons (Fsp3) is 0.273. The first kappa shape index (κ1) is 23.7. The molecule has 1 aliphatic rings. The molecule has 3 rings (SSSR count). The van der Waals surface area contributed by atoms with E-state index in [4.69, 9.17) is 32.7 Å². The van der Waals surface area contributed by atoms with Crippen LogP contribution in [-0.2, 0) is 14.3 Å². The van der Waals surface area contributed by atoms with Gasteiger partial charge in [0, 0.05) is 25.3 Å². The highest BCUT2D eigenvalue weighted by Crippen LogP contribution is 2.26. The number of hydrogen-bond acceptors (Lipinski definition) is 6. The molecular weight excluding hydrogens is 459 g/mol. The van der Waals surface area contributed by atoms with Crippen LogP contribution in [0.3, 0.4) is 0 Å². The van der Waals surface area contributed by atoms with E-state index in [1.807, 2.05) is 0 Å². The SMILES string of the molecule is COCCCN1C(=O)c2ccc(C(=O)O[C@@H](C)C(=O)Nc3ccc(Cl)cc3Cl)cc2C1=O. The number of imide groups is 1. The molecule has 0 radical (unpaired) electrons. The standard InChI is InChI=1S/C22H20Cl2N2O6/c1-12(19(27)25-18-7-5-14(23)11-17(18)24)32-22(30)13-4-6-15-16(10-13)21(29)26(20(15)28)8-3-9-31-2/h4-7,10-12H,3,8-9H2,1-2H3,(H,25,27)/t12-/m0/s1. The number of benzene rings is 2. The zero-order chi connectivity index (χ0) is 23.4. The van der Waals surface area contributed by atoms with Gasteiger partial charge < -0.3 is 14.8 Å². The lowest BCUT2D eigenvalue weighted by Crippen LogP contribution is -2.31. The molecule has 0 saturated heterocycles. The number of nitrogens with one attached hydrogen (secondary N) is 1. The van der Waals surface area contributed by atoms with Crippen LogP contribution >= 0.6 is 23.2 Å². The Morgan fingerprint density at radius 3 is 2.47 bits per heavy atom. The molecule has 1 heterocycles. The van der Waals surface area contributed by atoms with Crippen molar-refractivity contribution in [2.24, 2.45) is 0 Å². The highest BCUT2D eigenvalue weighted by atomic mass is 35.5. The molecule has 1 aliphatic heterocycles. The quantitative estimate of drug-likeness (QED) is 0.351. The van der Waals surface area contributed by atoms with Crippen molar-refractivity contribution >= 4 is 52.6 Å². The number of carbonyl (C=O) groups excluding carboxylic acids is 4. The number of amides is 3. The molecule has 1 atom stereocenters. The second-order valence-electron chi connectivity index (χ2n) is 7.03. The second-order valence-corrected chi connectivity index (χ2v) is 7.87. The van der Waals surface area contributed by atoms with Gasteiger partial charge in [-0.15, -0.1) is 0 Å². The molecule has 0 spiro atoms. The number of ether oxygens (including phenoxy) is 2. The first-order valence-corrected chi connectivity index (χ1v) is 10.4. The summed E-state index contributed by atoms with van der Waals surface area (Å²) in [5.41, 5.74) is 0.700. The molecule has 0 bridgehead atoms. The Bertz CT molecular complexity index is 1090. The summed E-state index contributed by atoms with van der Waals surface area (Å²) in [4.78, 5) is 51.1. The topological polar surface area (TPSA) is 102 Å². The van der Waals surface area contributed by atoms with Gasteiger partial charge in [0.1, 0.15) is 0 Å². The normalized spacial score (nSPS) is 13.7. The maximum atomic E-state index is 12.6. The summed E-state index contributed by atoms with van der Waals surface area (Å²) in [7, 11) is 1.53. The van der Waals surface area contributed by atoms with Crippen molar-refractivity contribution < 1.29 is 28.7 Å². The molecule has 2 aromatic carbocycles. The predicted molar refractivity (Wildman–Crippen MR) is 118 cm³/mol. The lowest BCUT2D eigenvalue weighted by molar-refractivity contribution is -0.123. The Labute approximate surface area is 194 Å². The van der Waals surface area contributed by atoms with E-state index in [1.165, 1.54) is 44.4 Å². The van der Waals surface area contributed by atoms with E-state index in [-0.39, 0.29) is 28.3 Å². The van der Waals surface area contributed by atoms with Crippen LogP contribution in [0, 0.1) is 0 Å². The summed E-state index contributed by atoms with van der Waals surface area (Å²) < 4.78 is 10.2. The minimum absolute atomic E-state index is 0.0489. The van der Waals surface area contributed by atoms with Gasteiger partial charge >= 0.3 is 5.97 Å². The highest BCUT2D eigenvalue weighted by Gasteiger charge is 2.36. The van der Waals surface area contributed by atoms with Gasteiger partial charge in [-0.3, -0.25) is 19.3 Å². The number of hydrogen-bond donors (Lipinski definition) is 1. The Hall–Kier alpha value is -2.94. The minimum atomic E-state index is -1.15. The van der Waals surface area contributed by atoms with Gasteiger partial charge in [-0.05, 0) is 49.7 Å². The lowest BCUT2D eigenvalue weighted by Gasteiger charge is -2.14. The smallest absolute Gasteiger partial charge is 0.338 e. The van der Waals surface area contributed by atoms with Crippen LogP contribution < -0.4 is 5.32 Å². The summed E-state index contributed by atoms with van der Waals surface area (Å²) in [6.07, 6.45) is -0.647. The number of nitrogens with zero attached hydrogens (tertiary/aromatic N) is 1. The average Bonchev–Trinajstić information content (AvgIpc) is 3.00. The van der Waals surface area contributed by atoms with E-state index in [0.717, 1.165) is 4.90 Å². The number of fused-ring (bicyclic) bond motifs is 1. The number of carbonyl (C=O) groups is 4. The molecular formula is C22H20Cl2N2O6. The van der Waals surface area contributed by atoms with E-state index in [1.54, 1.807) is 6.07 Å². The van der Waals surface area contributed by atoms with Crippen LogP contribution in [0.2, 0.25) is 10.0 Å². The first-order chi connectivity index (χ1) is 15.2. The molecule has 1 N–H and O–H groups in total. The van der Waals surface area contributed by atoms with E-state index in [0.29, 0.717) is 23.7 Å². The Morgan fingerprint density at radius 2 is 1.78 bits per heavy atom. The van der Waals surface area contributed by atoms with Crippen LogP contribution in [-0.4, -0.2) is 55.0 Å². The fourth-order valence-electron chi connectivity index (χ4n) is 3.10. The molecule has 8 nitrogen and oxygen atoms in total. The van der Waals surface area contributed by atoms with Gasteiger partial charge in [0.15, 0.2) is 6.10 Å². The molecule has 10 heteroatoms. The van der Waals surface area contributed by atoms with Crippen LogP contribution in [0.4, 0.5) is 5.69 Å². The molecule has 0 unspecified atom stereocenters. The number of anilines is 1. The van der Waals surface area contributed by atoms with E-state index in [9.17, 15) is 19.2 Å². The Balaban J connectivity index is 1.67. The second kappa shape index (κ2) is 10.1. The van der Waals surface area contributed by atoms with Gasteiger partial charge in [0.05, 0.1) is 27.4 Å². The molecule has 0 saturated carbocycles. The lowest BCUT2D eigenvalue weighted by atomic mass is 10.1. The van der Waals surface area contributed by atoms with E-state index >= 15 is 0 Å². The van der Waals surface area contributed by atoms with E-state index in [2.05, 4.69) is 5.32 Å². The van der Waals surface area contributed by atoms with Gasteiger partial charge in [-0.25, -0.2) is 4.79 Å². The van der Waals surface area contributed by atoms with Crippen LogP contribution in [0.5, 0.6) is 0 Å². The molecule has 32 heavy (non-hydrogen) atoms. The zero-order valence-corrected chi connectivity index (χ0v) is 18.8. The van der Waals surface area contributed by atoms with Crippen molar-refractivity contribution in [3.05, 3.63) is 63.1 Å². The number of esters is 1. The fourth-order valence-corrected chi connectivity index (χ4v) is 3.55. The Kier molecular flexibility index (Phi) is 7.50. The van der Waals surface area contributed by atoms with Crippen LogP contribution in [0.15, 0.2) is 36.4 Å². The predicted octanol–water partition coefficient (Wildman–Crippen LogP) is 3.81. The van der Waals surface area contributed by atoms with Gasteiger partial charge in [0.25, 0.3) is 17.7 Å². The number of rotatable bonds is 8. The molecule has 3 amide bonds. The number of methoxy groups -OCH3 is 1. The van der Waals surface area contributed by atoms with Crippen molar-refractivity contribution in [1.82, 2.24) is 4.90 Å². The molecule has 0 fully saturated rings. The van der Waals surface area contributed by atoms with Crippen molar-refractivity contribution in [1.29, 1.82) is 0 Å². The van der Waals surface area contributed by atoms with Crippen LogP contribution in [0.1, 0.15) is 44.4 Å². The van der Waals surface area contributed by atoms with Crippen LogP contribution in [0.25, 0.3) is 0 Å². The Morgan fingerprint density at radius 1 is 1.06 bits per heavy atom. The molecule has 0 aromatic heterocycles. The van der Waals surface area contributed by atoms with Crippen molar-refractivity contribution in [2.75, 3.05) is 25.6 Å². The van der Waals surface area contributed by atoms with Crippen molar-refractivity contribution in [3.8, 4) is 0 Å². The third kappa shape index (κ3) is 5.09. The van der Waals surface area contributed by atoms with E-state index < -0.39 is 29.8 Å². The van der Waals surface area contributed by atoms with Crippen molar-refractivity contribution in [2.45, 2.75) is 19.4 Å². The van der Waals surface area contributed by atoms with Gasteiger partial charge in [-0.1, -0.05) is 23.2 Å². The summed E-state index contributed by atoms with van der Waals surface area (Å²) >= 11 is 11.9. The maximum absolute atomic E-state index is 12.6. The third-order valence-corrected chi connectivity index (χ3v) is 5.33. The molecule has 0 aliphatic carbocycles. The monoisotopic (exact) mass is 478 g/mol. The van der Waals surface area contributed by atoms with Crippen molar-refractivity contribution in [3.63, 3.8) is 0 Å². The number of halogens is 2. The van der Waals surface area contributed by atoms with Gasteiger partial charge in [-0.2, -0.15) is 0 Å².